The van der Waals surface area contributed by atoms with Gasteiger partial charge >= 0.3 is 0 Å². The van der Waals surface area contributed by atoms with Crippen molar-refractivity contribution < 1.29 is 0 Å². The molecule has 0 spiro atoms. The van der Waals surface area contributed by atoms with Crippen molar-refractivity contribution in [3.8, 4) is 0 Å². The summed E-state index contributed by atoms with van der Waals surface area (Å²) in [6, 6.07) is 10.2. The molecule has 0 saturated heterocycles. The van der Waals surface area contributed by atoms with Gasteiger partial charge in [0, 0.05) is 6.42 Å². The Morgan fingerprint density at radius 1 is 1.07 bits per heavy atom. The van der Waals surface area contributed by atoms with E-state index in [0.29, 0.717) is 6.42 Å². The zero-order valence-corrected chi connectivity index (χ0v) is 7.98. The molecule has 0 bridgehead atoms. The number of rotatable bonds is 1. The van der Waals surface area contributed by atoms with Crippen LogP contribution < -0.4 is 11.5 Å². The number of hydrogen-bond donors (Lipinski definition) is 2. The molecule has 0 radical (unpaired) electrons. The van der Waals surface area contributed by atoms with Gasteiger partial charge in [0.15, 0.2) is 0 Å². The van der Waals surface area contributed by atoms with E-state index in [1.54, 1.807) is 0 Å². The van der Waals surface area contributed by atoms with Crippen molar-refractivity contribution in [2.24, 2.45) is 11.5 Å². The van der Waals surface area contributed by atoms with E-state index in [-0.39, 0.29) is 0 Å². The predicted molar refractivity (Wildman–Crippen MR) is 59.3 cm³/mol. The topological polar surface area (TPSA) is 52.0 Å². The van der Waals surface area contributed by atoms with Gasteiger partial charge in [-0.1, -0.05) is 42.5 Å². The Kier molecular flexibility index (Phi) is 2.23. The van der Waals surface area contributed by atoms with Crippen molar-refractivity contribution in [3.05, 3.63) is 54.1 Å². The summed E-state index contributed by atoms with van der Waals surface area (Å²) < 4.78 is 0. The normalized spacial score (nSPS) is 19.1. The lowest BCUT2D eigenvalue weighted by Gasteiger charge is -2.22. The van der Waals surface area contributed by atoms with E-state index in [0.717, 1.165) is 0 Å². The van der Waals surface area contributed by atoms with Crippen LogP contribution in [0.1, 0.15) is 12.0 Å². The van der Waals surface area contributed by atoms with Gasteiger partial charge in [-0.15, -0.1) is 0 Å². The summed E-state index contributed by atoms with van der Waals surface area (Å²) in [5, 5.41) is 0. The minimum absolute atomic E-state index is 0.668. The van der Waals surface area contributed by atoms with Crippen LogP contribution in [0.2, 0.25) is 0 Å². The van der Waals surface area contributed by atoms with Crippen molar-refractivity contribution in [1.29, 1.82) is 0 Å². The van der Waals surface area contributed by atoms with Crippen molar-refractivity contribution in [3.63, 3.8) is 0 Å². The Balaban J connectivity index is 2.25. The van der Waals surface area contributed by atoms with Crippen LogP contribution in [0.25, 0.3) is 5.57 Å². The van der Waals surface area contributed by atoms with Crippen LogP contribution in [0, 0.1) is 0 Å². The Morgan fingerprint density at radius 3 is 2.36 bits per heavy atom. The smallest absolute Gasteiger partial charge is 0.0867 e. The highest BCUT2D eigenvalue weighted by Crippen LogP contribution is 2.22. The van der Waals surface area contributed by atoms with Gasteiger partial charge in [0.2, 0.25) is 0 Å². The maximum absolute atomic E-state index is 5.76. The zero-order chi connectivity index (χ0) is 10.0. The lowest BCUT2D eigenvalue weighted by atomic mass is 9.94. The van der Waals surface area contributed by atoms with Crippen LogP contribution in [0.15, 0.2) is 48.6 Å². The van der Waals surface area contributed by atoms with Gasteiger partial charge in [-0.2, -0.15) is 0 Å². The zero-order valence-electron chi connectivity index (χ0n) is 7.98. The van der Waals surface area contributed by atoms with Gasteiger partial charge in [-0.05, 0) is 17.2 Å². The van der Waals surface area contributed by atoms with E-state index < -0.39 is 5.66 Å². The van der Waals surface area contributed by atoms with Gasteiger partial charge < -0.3 is 11.5 Å². The van der Waals surface area contributed by atoms with Crippen molar-refractivity contribution in [2.75, 3.05) is 0 Å². The first-order valence-electron chi connectivity index (χ1n) is 4.70. The molecule has 0 heterocycles. The van der Waals surface area contributed by atoms with E-state index in [1.807, 2.05) is 30.4 Å². The summed E-state index contributed by atoms with van der Waals surface area (Å²) >= 11 is 0. The first kappa shape index (κ1) is 9.19. The standard InChI is InChI=1S/C12H14N2/c13-12(14)8-6-11(7-9-12)10-4-2-1-3-5-10/h1-8H,9,13-14H2. The van der Waals surface area contributed by atoms with Gasteiger partial charge in [-0.3, -0.25) is 0 Å². The summed E-state index contributed by atoms with van der Waals surface area (Å²) in [5.74, 6) is 0. The second-order valence-corrected chi connectivity index (χ2v) is 3.68. The lowest BCUT2D eigenvalue weighted by Crippen LogP contribution is -2.47. The molecule has 0 fully saturated rings. The molecule has 14 heavy (non-hydrogen) atoms. The molecule has 1 aromatic carbocycles. The lowest BCUT2D eigenvalue weighted by molar-refractivity contribution is 0.559. The highest BCUT2D eigenvalue weighted by atomic mass is 14.9. The molecule has 2 nitrogen and oxygen atoms in total. The Hall–Kier alpha value is -1.38. The summed E-state index contributed by atoms with van der Waals surface area (Å²) in [6.07, 6.45) is 6.61. The third-order valence-electron chi connectivity index (χ3n) is 2.36. The van der Waals surface area contributed by atoms with E-state index in [9.17, 15) is 0 Å². The van der Waals surface area contributed by atoms with Crippen LogP contribution in [-0.2, 0) is 0 Å². The van der Waals surface area contributed by atoms with Gasteiger partial charge in [-0.25, -0.2) is 0 Å². The third-order valence-corrected chi connectivity index (χ3v) is 2.36. The SMILES string of the molecule is NC1(N)C=CC(c2ccccc2)=CC1. The molecule has 2 heteroatoms. The number of nitrogens with two attached hydrogens (primary N) is 2. The second-order valence-electron chi connectivity index (χ2n) is 3.68. The molecule has 2 rings (SSSR count). The monoisotopic (exact) mass is 186 g/mol. The molecule has 0 unspecified atom stereocenters. The van der Waals surface area contributed by atoms with E-state index >= 15 is 0 Å². The first-order valence-corrected chi connectivity index (χ1v) is 4.70. The predicted octanol–water partition coefficient (Wildman–Crippen LogP) is 1.64. The third kappa shape index (κ3) is 1.92. The molecular weight excluding hydrogens is 172 g/mol. The maximum Gasteiger partial charge on any atom is 0.0867 e. The first-order chi connectivity index (χ1) is 6.67. The van der Waals surface area contributed by atoms with Gasteiger partial charge in [0.25, 0.3) is 0 Å². The van der Waals surface area contributed by atoms with Crippen LogP contribution in [0.3, 0.4) is 0 Å². The molecule has 0 atom stereocenters. The molecule has 0 aromatic heterocycles. The average Bonchev–Trinajstić information content (AvgIpc) is 2.19. The molecule has 0 saturated carbocycles. The molecule has 1 aliphatic carbocycles. The van der Waals surface area contributed by atoms with Crippen molar-refractivity contribution in [2.45, 2.75) is 12.1 Å². The molecule has 72 valence electrons. The number of benzene rings is 1. The van der Waals surface area contributed by atoms with E-state index in [4.69, 9.17) is 11.5 Å². The van der Waals surface area contributed by atoms with Crippen LogP contribution in [0.5, 0.6) is 0 Å². The summed E-state index contributed by atoms with van der Waals surface area (Å²) in [4.78, 5) is 0. The highest BCUT2D eigenvalue weighted by Gasteiger charge is 2.16. The van der Waals surface area contributed by atoms with Crippen molar-refractivity contribution in [1.82, 2.24) is 0 Å². The van der Waals surface area contributed by atoms with Crippen LogP contribution in [0.4, 0.5) is 0 Å². The minimum Gasteiger partial charge on any atom is -0.310 e. The van der Waals surface area contributed by atoms with Crippen molar-refractivity contribution >= 4 is 5.57 Å². The fraction of sp³-hybridized carbons (Fsp3) is 0.167. The molecule has 1 aliphatic rings. The maximum atomic E-state index is 5.76. The Labute approximate surface area is 83.9 Å². The van der Waals surface area contributed by atoms with Gasteiger partial charge in [0.1, 0.15) is 0 Å². The Bertz CT molecular complexity index is 375. The molecule has 1 aromatic rings. The van der Waals surface area contributed by atoms with Crippen LogP contribution in [-0.4, -0.2) is 5.66 Å². The molecule has 4 N–H and O–H groups in total. The second kappa shape index (κ2) is 3.40. The molecule has 0 aliphatic heterocycles. The minimum atomic E-state index is -0.668. The molecular formula is C12H14N2. The summed E-state index contributed by atoms with van der Waals surface area (Å²) in [7, 11) is 0. The highest BCUT2D eigenvalue weighted by molar-refractivity contribution is 5.75. The quantitative estimate of drug-likeness (QED) is 0.655. The van der Waals surface area contributed by atoms with Crippen LogP contribution >= 0.6 is 0 Å². The molecule has 0 amide bonds. The average molecular weight is 186 g/mol. The fourth-order valence-electron chi connectivity index (χ4n) is 1.51. The Morgan fingerprint density at radius 2 is 1.79 bits per heavy atom. The summed E-state index contributed by atoms with van der Waals surface area (Å²) in [6.45, 7) is 0. The number of hydrogen-bond acceptors (Lipinski definition) is 2. The van der Waals surface area contributed by atoms with Gasteiger partial charge in [0.05, 0.1) is 5.66 Å². The van der Waals surface area contributed by atoms with E-state index in [2.05, 4.69) is 18.2 Å². The summed E-state index contributed by atoms with van der Waals surface area (Å²) in [5.41, 5.74) is 13.3. The fourth-order valence-corrected chi connectivity index (χ4v) is 1.51. The number of allylic oxidation sites excluding steroid dienone is 2. The largest absolute Gasteiger partial charge is 0.310 e. The van der Waals surface area contributed by atoms with E-state index in [1.165, 1.54) is 11.1 Å².